The fourth-order valence-electron chi connectivity index (χ4n) is 1.71. The standard InChI is InChI=1S/C15H15N3O3/c1-10(19)17-12-3-5-13(6-4-12)18-15(20)11-7-8-16-14(9-11)21-2/h3-9H,1-2H3,(H,17,19)(H,18,20). The van der Waals surface area contributed by atoms with E-state index in [9.17, 15) is 9.59 Å². The number of pyridine rings is 1. The number of rotatable bonds is 4. The highest BCUT2D eigenvalue weighted by molar-refractivity contribution is 6.04. The summed E-state index contributed by atoms with van der Waals surface area (Å²) >= 11 is 0. The Labute approximate surface area is 122 Å². The third kappa shape index (κ3) is 4.04. The summed E-state index contributed by atoms with van der Waals surface area (Å²) in [5.74, 6) is -0.0256. The highest BCUT2D eigenvalue weighted by Gasteiger charge is 2.07. The van der Waals surface area contributed by atoms with Crippen molar-refractivity contribution >= 4 is 23.2 Å². The third-order valence-corrected chi connectivity index (χ3v) is 2.67. The van der Waals surface area contributed by atoms with Crippen LogP contribution in [0.4, 0.5) is 11.4 Å². The van der Waals surface area contributed by atoms with Crippen LogP contribution in [-0.2, 0) is 4.79 Å². The van der Waals surface area contributed by atoms with Gasteiger partial charge in [0.05, 0.1) is 7.11 Å². The fraction of sp³-hybridized carbons (Fsp3) is 0.133. The predicted molar refractivity (Wildman–Crippen MR) is 79.5 cm³/mol. The quantitative estimate of drug-likeness (QED) is 0.903. The summed E-state index contributed by atoms with van der Waals surface area (Å²) in [6.45, 7) is 1.44. The van der Waals surface area contributed by atoms with Gasteiger partial charge in [-0.05, 0) is 30.3 Å². The van der Waals surface area contributed by atoms with Gasteiger partial charge in [-0.2, -0.15) is 0 Å². The van der Waals surface area contributed by atoms with Crippen LogP contribution in [0.1, 0.15) is 17.3 Å². The lowest BCUT2D eigenvalue weighted by molar-refractivity contribution is -0.114. The van der Waals surface area contributed by atoms with E-state index in [1.807, 2.05) is 0 Å². The highest BCUT2D eigenvalue weighted by atomic mass is 16.5. The predicted octanol–water partition coefficient (Wildman–Crippen LogP) is 2.30. The number of methoxy groups -OCH3 is 1. The second-order valence-electron chi connectivity index (χ2n) is 4.30. The molecule has 21 heavy (non-hydrogen) atoms. The summed E-state index contributed by atoms with van der Waals surface area (Å²) in [5.41, 5.74) is 1.75. The van der Waals surface area contributed by atoms with E-state index in [1.54, 1.807) is 36.4 Å². The number of hydrogen-bond donors (Lipinski definition) is 2. The Balaban J connectivity index is 2.06. The van der Waals surface area contributed by atoms with Gasteiger partial charge in [-0.15, -0.1) is 0 Å². The van der Waals surface area contributed by atoms with Crippen LogP contribution in [0.25, 0.3) is 0 Å². The molecule has 0 radical (unpaired) electrons. The van der Waals surface area contributed by atoms with E-state index < -0.39 is 0 Å². The smallest absolute Gasteiger partial charge is 0.255 e. The van der Waals surface area contributed by atoms with Crippen molar-refractivity contribution in [3.05, 3.63) is 48.2 Å². The monoisotopic (exact) mass is 285 g/mol. The minimum Gasteiger partial charge on any atom is -0.481 e. The van der Waals surface area contributed by atoms with Crippen molar-refractivity contribution in [3.8, 4) is 5.88 Å². The van der Waals surface area contributed by atoms with Crippen molar-refractivity contribution in [2.45, 2.75) is 6.92 Å². The zero-order valence-corrected chi connectivity index (χ0v) is 11.7. The van der Waals surface area contributed by atoms with E-state index in [1.165, 1.54) is 20.2 Å². The van der Waals surface area contributed by atoms with Crippen LogP contribution in [0, 0.1) is 0 Å². The first-order valence-electron chi connectivity index (χ1n) is 6.27. The maximum Gasteiger partial charge on any atom is 0.255 e. The minimum atomic E-state index is -0.261. The molecule has 1 aromatic heterocycles. The maximum absolute atomic E-state index is 12.1. The summed E-state index contributed by atoms with van der Waals surface area (Å²) < 4.78 is 4.98. The topological polar surface area (TPSA) is 80.3 Å². The van der Waals surface area contributed by atoms with Gasteiger partial charge < -0.3 is 15.4 Å². The van der Waals surface area contributed by atoms with Gasteiger partial charge in [0, 0.05) is 36.1 Å². The van der Waals surface area contributed by atoms with Crippen molar-refractivity contribution in [3.63, 3.8) is 0 Å². The number of aromatic nitrogens is 1. The lowest BCUT2D eigenvalue weighted by Crippen LogP contribution is -2.12. The molecule has 2 rings (SSSR count). The molecule has 0 atom stereocenters. The first-order valence-corrected chi connectivity index (χ1v) is 6.27. The average Bonchev–Trinajstić information content (AvgIpc) is 2.49. The maximum atomic E-state index is 12.1. The summed E-state index contributed by atoms with van der Waals surface area (Å²) in [6, 6.07) is 10.0. The van der Waals surface area contributed by atoms with Gasteiger partial charge in [0.2, 0.25) is 11.8 Å². The lowest BCUT2D eigenvalue weighted by Gasteiger charge is -2.07. The Bertz CT molecular complexity index is 653. The molecule has 0 aliphatic heterocycles. The molecule has 2 aromatic rings. The lowest BCUT2D eigenvalue weighted by atomic mass is 10.2. The molecule has 0 spiro atoms. The number of carbonyl (C=O) groups excluding carboxylic acids is 2. The van der Waals surface area contributed by atoms with Crippen molar-refractivity contribution < 1.29 is 14.3 Å². The minimum absolute atomic E-state index is 0.143. The zero-order chi connectivity index (χ0) is 15.2. The van der Waals surface area contributed by atoms with Crippen LogP contribution in [0.2, 0.25) is 0 Å². The number of nitrogens with one attached hydrogen (secondary N) is 2. The van der Waals surface area contributed by atoms with Gasteiger partial charge in [-0.3, -0.25) is 9.59 Å². The Kier molecular flexibility index (Phi) is 4.50. The molecular formula is C15H15N3O3. The normalized spacial score (nSPS) is 9.81. The number of amides is 2. The summed E-state index contributed by atoms with van der Waals surface area (Å²) in [7, 11) is 1.49. The first-order chi connectivity index (χ1) is 10.1. The molecule has 0 bridgehead atoms. The number of hydrogen-bond acceptors (Lipinski definition) is 4. The van der Waals surface area contributed by atoms with E-state index >= 15 is 0 Å². The molecule has 1 aromatic carbocycles. The van der Waals surface area contributed by atoms with Crippen LogP contribution in [0.15, 0.2) is 42.6 Å². The van der Waals surface area contributed by atoms with Gasteiger partial charge in [0.15, 0.2) is 0 Å². The van der Waals surface area contributed by atoms with Crippen molar-refractivity contribution in [1.29, 1.82) is 0 Å². The van der Waals surface area contributed by atoms with Crippen LogP contribution >= 0.6 is 0 Å². The Morgan fingerprint density at radius 3 is 2.24 bits per heavy atom. The van der Waals surface area contributed by atoms with Gasteiger partial charge in [0.25, 0.3) is 5.91 Å². The van der Waals surface area contributed by atoms with Gasteiger partial charge in [-0.1, -0.05) is 0 Å². The fourth-order valence-corrected chi connectivity index (χ4v) is 1.71. The number of anilines is 2. The average molecular weight is 285 g/mol. The molecule has 108 valence electrons. The first kappa shape index (κ1) is 14.5. The summed E-state index contributed by atoms with van der Waals surface area (Å²) in [5, 5.41) is 5.41. The Morgan fingerprint density at radius 2 is 1.67 bits per heavy atom. The van der Waals surface area contributed by atoms with Crippen molar-refractivity contribution in [2.24, 2.45) is 0 Å². The largest absolute Gasteiger partial charge is 0.481 e. The van der Waals surface area contributed by atoms with Crippen LogP contribution in [-0.4, -0.2) is 23.9 Å². The third-order valence-electron chi connectivity index (χ3n) is 2.67. The van der Waals surface area contributed by atoms with Gasteiger partial charge in [0.1, 0.15) is 0 Å². The molecule has 0 saturated heterocycles. The molecule has 6 nitrogen and oxygen atoms in total. The van der Waals surface area contributed by atoms with E-state index in [-0.39, 0.29) is 11.8 Å². The molecule has 2 N–H and O–H groups in total. The molecule has 6 heteroatoms. The zero-order valence-electron chi connectivity index (χ0n) is 11.7. The molecule has 0 aliphatic carbocycles. The van der Waals surface area contributed by atoms with E-state index in [0.717, 1.165) is 0 Å². The van der Waals surface area contributed by atoms with Crippen LogP contribution < -0.4 is 15.4 Å². The van der Waals surface area contributed by atoms with E-state index in [4.69, 9.17) is 4.74 Å². The van der Waals surface area contributed by atoms with Crippen LogP contribution in [0.3, 0.4) is 0 Å². The van der Waals surface area contributed by atoms with Gasteiger partial charge in [-0.25, -0.2) is 4.98 Å². The second-order valence-corrected chi connectivity index (χ2v) is 4.30. The van der Waals surface area contributed by atoms with E-state index in [2.05, 4.69) is 15.6 Å². The molecule has 0 unspecified atom stereocenters. The number of benzene rings is 1. The number of ether oxygens (including phenoxy) is 1. The molecule has 0 aliphatic rings. The molecule has 0 saturated carbocycles. The molecule has 1 heterocycles. The molecular weight excluding hydrogens is 270 g/mol. The van der Waals surface area contributed by atoms with Crippen molar-refractivity contribution in [2.75, 3.05) is 17.7 Å². The molecule has 2 amide bonds. The second kappa shape index (κ2) is 6.51. The Hall–Kier alpha value is -2.89. The van der Waals surface area contributed by atoms with Gasteiger partial charge >= 0.3 is 0 Å². The van der Waals surface area contributed by atoms with E-state index in [0.29, 0.717) is 22.8 Å². The summed E-state index contributed by atoms with van der Waals surface area (Å²) in [6.07, 6.45) is 1.51. The highest BCUT2D eigenvalue weighted by Crippen LogP contribution is 2.15. The molecule has 0 fully saturated rings. The van der Waals surface area contributed by atoms with Crippen LogP contribution in [0.5, 0.6) is 5.88 Å². The van der Waals surface area contributed by atoms with Crippen molar-refractivity contribution in [1.82, 2.24) is 4.98 Å². The SMILES string of the molecule is COc1cc(C(=O)Nc2ccc(NC(C)=O)cc2)ccn1. The Morgan fingerprint density at radius 1 is 1.05 bits per heavy atom. The number of nitrogens with zero attached hydrogens (tertiary/aromatic N) is 1. The summed E-state index contributed by atoms with van der Waals surface area (Å²) in [4.78, 5) is 26.9. The number of carbonyl (C=O) groups is 2.